The van der Waals surface area contributed by atoms with E-state index in [2.05, 4.69) is 24.5 Å². The van der Waals surface area contributed by atoms with Gasteiger partial charge in [-0.05, 0) is 61.8 Å². The van der Waals surface area contributed by atoms with Gasteiger partial charge in [0.15, 0.2) is 0 Å². The molecule has 2 rings (SSSR count). The molecule has 42 heavy (non-hydrogen) atoms. The van der Waals surface area contributed by atoms with Crippen LogP contribution in [0.1, 0.15) is 128 Å². The summed E-state index contributed by atoms with van der Waals surface area (Å²) in [6.45, 7) is 5.61. The largest absolute Gasteiger partial charge is 0.412 e. The molecule has 0 saturated carbocycles. The van der Waals surface area contributed by atoms with Crippen LogP contribution in [0.3, 0.4) is 0 Å². The normalized spacial score (nSPS) is 10.8. The molecular formula is C36H56N2O4. The second-order valence-electron chi connectivity index (χ2n) is 11.3. The summed E-state index contributed by atoms with van der Waals surface area (Å²) in [5.41, 5.74) is 2.19. The van der Waals surface area contributed by atoms with Crippen LogP contribution >= 0.6 is 0 Å². The Morgan fingerprint density at radius 2 is 0.857 bits per heavy atom. The van der Waals surface area contributed by atoms with Gasteiger partial charge in [-0.15, -0.1) is 0 Å². The van der Waals surface area contributed by atoms with Gasteiger partial charge in [-0.3, -0.25) is 0 Å². The number of nitrogens with one attached hydrogen (secondary N) is 2. The fourth-order valence-corrected chi connectivity index (χ4v) is 5.07. The van der Waals surface area contributed by atoms with Gasteiger partial charge >= 0.3 is 12.2 Å². The van der Waals surface area contributed by atoms with Gasteiger partial charge in [-0.1, -0.05) is 127 Å². The number of hydrogen-bond acceptors (Lipinski definition) is 4. The zero-order chi connectivity index (χ0) is 30.1. The van der Waals surface area contributed by atoms with Gasteiger partial charge in [-0.2, -0.15) is 0 Å². The van der Waals surface area contributed by atoms with Crippen molar-refractivity contribution >= 4 is 12.2 Å². The summed E-state index contributed by atoms with van der Waals surface area (Å²) in [4.78, 5) is 24.6. The van der Waals surface area contributed by atoms with Crippen LogP contribution in [-0.4, -0.2) is 25.3 Å². The molecule has 6 heteroatoms. The van der Waals surface area contributed by atoms with E-state index in [0.29, 0.717) is 24.6 Å². The van der Waals surface area contributed by atoms with Crippen LogP contribution in [0, 0.1) is 0 Å². The molecule has 234 valence electrons. The van der Waals surface area contributed by atoms with Crippen molar-refractivity contribution in [1.82, 2.24) is 10.6 Å². The molecule has 0 aliphatic heterocycles. The van der Waals surface area contributed by atoms with Gasteiger partial charge in [0, 0.05) is 13.1 Å². The summed E-state index contributed by atoms with van der Waals surface area (Å²) in [5, 5.41) is 5.73. The zero-order valence-electron chi connectivity index (χ0n) is 26.4. The molecule has 0 unspecified atom stereocenters. The fourth-order valence-electron chi connectivity index (χ4n) is 5.07. The third-order valence-electron chi connectivity index (χ3n) is 7.59. The van der Waals surface area contributed by atoms with E-state index < -0.39 is 12.2 Å². The third-order valence-corrected chi connectivity index (χ3v) is 7.59. The molecule has 0 saturated heterocycles. The van der Waals surface area contributed by atoms with E-state index in [-0.39, 0.29) is 0 Å². The molecule has 0 fully saturated rings. The van der Waals surface area contributed by atoms with Gasteiger partial charge in [0.05, 0.1) is 0 Å². The topological polar surface area (TPSA) is 76.7 Å². The first-order valence-electron chi connectivity index (χ1n) is 16.7. The van der Waals surface area contributed by atoms with Crippen LogP contribution in [0.4, 0.5) is 9.59 Å². The maximum absolute atomic E-state index is 12.3. The highest BCUT2D eigenvalue weighted by Gasteiger charge is 2.10. The fraction of sp³-hybridized carbons (Fsp3) is 0.611. The first kappa shape index (κ1) is 35.2. The molecule has 2 aromatic rings. The van der Waals surface area contributed by atoms with Crippen molar-refractivity contribution in [2.75, 3.05) is 13.1 Å². The van der Waals surface area contributed by atoms with Gasteiger partial charge in [0.2, 0.25) is 0 Å². The van der Waals surface area contributed by atoms with E-state index in [0.717, 1.165) is 62.5 Å². The minimum absolute atomic E-state index is 0.397. The number of carbonyl (C=O) groups excluding carboxylic acids is 2. The van der Waals surface area contributed by atoms with E-state index in [1.165, 1.54) is 64.2 Å². The summed E-state index contributed by atoms with van der Waals surface area (Å²) in [6, 6.07) is 15.7. The molecule has 0 atom stereocenters. The van der Waals surface area contributed by atoms with Crippen molar-refractivity contribution in [2.45, 2.75) is 129 Å². The standard InChI is InChI=1S/C36H56N2O4/c1-3-5-7-9-11-15-23-31-25-17-19-27-33(31)41-35(39)37-29-21-13-14-22-30-38-36(40)42-34-28-20-18-26-32(34)24-16-12-10-8-6-4-2/h17-20,25-28H,3-16,21-24,29-30H2,1-2H3,(H,37,39)(H,38,40). The molecule has 2 amide bonds. The Bertz CT molecular complexity index is 914. The lowest BCUT2D eigenvalue weighted by Crippen LogP contribution is -2.28. The number of benzene rings is 2. The second kappa shape index (κ2) is 23.5. The van der Waals surface area contributed by atoms with Crippen LogP contribution in [0.15, 0.2) is 48.5 Å². The van der Waals surface area contributed by atoms with Crippen LogP contribution in [-0.2, 0) is 12.8 Å². The minimum atomic E-state index is -0.397. The first-order chi connectivity index (χ1) is 20.6. The quantitative estimate of drug-likeness (QED) is 0.128. The number of rotatable bonds is 23. The smallest absolute Gasteiger partial charge is 0.410 e. The molecule has 0 spiro atoms. The molecule has 6 nitrogen and oxygen atoms in total. The van der Waals surface area contributed by atoms with E-state index in [1.807, 2.05) is 48.5 Å². The maximum atomic E-state index is 12.3. The van der Waals surface area contributed by atoms with Gasteiger partial charge in [0.1, 0.15) is 11.5 Å². The van der Waals surface area contributed by atoms with Crippen molar-refractivity contribution in [1.29, 1.82) is 0 Å². The molecule has 0 aliphatic carbocycles. The molecule has 2 N–H and O–H groups in total. The van der Waals surface area contributed by atoms with E-state index in [4.69, 9.17) is 9.47 Å². The van der Waals surface area contributed by atoms with Crippen molar-refractivity contribution in [2.24, 2.45) is 0 Å². The number of ether oxygens (including phenoxy) is 2. The van der Waals surface area contributed by atoms with E-state index in [9.17, 15) is 9.59 Å². The summed E-state index contributed by atoms with van der Waals surface area (Å²) < 4.78 is 11.2. The van der Waals surface area contributed by atoms with E-state index >= 15 is 0 Å². The van der Waals surface area contributed by atoms with Gasteiger partial charge in [-0.25, -0.2) is 9.59 Å². The zero-order valence-corrected chi connectivity index (χ0v) is 26.4. The molecule has 0 radical (unpaired) electrons. The maximum Gasteiger partial charge on any atom is 0.412 e. The van der Waals surface area contributed by atoms with Gasteiger partial charge in [0.25, 0.3) is 0 Å². The molecule has 0 aromatic heterocycles. The highest BCUT2D eigenvalue weighted by molar-refractivity contribution is 5.71. The number of amides is 2. The highest BCUT2D eigenvalue weighted by atomic mass is 16.6. The highest BCUT2D eigenvalue weighted by Crippen LogP contribution is 2.22. The Morgan fingerprint density at radius 3 is 1.29 bits per heavy atom. The van der Waals surface area contributed by atoms with Crippen molar-refractivity contribution in [3.63, 3.8) is 0 Å². The van der Waals surface area contributed by atoms with Crippen LogP contribution < -0.4 is 20.1 Å². The van der Waals surface area contributed by atoms with Crippen molar-refractivity contribution in [3.05, 3.63) is 59.7 Å². The first-order valence-corrected chi connectivity index (χ1v) is 16.7. The Balaban J connectivity index is 1.53. The van der Waals surface area contributed by atoms with Gasteiger partial charge < -0.3 is 20.1 Å². The second-order valence-corrected chi connectivity index (χ2v) is 11.3. The minimum Gasteiger partial charge on any atom is -0.410 e. The number of para-hydroxylation sites is 2. The van der Waals surface area contributed by atoms with Crippen LogP contribution in [0.2, 0.25) is 0 Å². The van der Waals surface area contributed by atoms with Crippen LogP contribution in [0.5, 0.6) is 11.5 Å². The lowest BCUT2D eigenvalue weighted by molar-refractivity contribution is 0.198. The molecule has 2 aromatic carbocycles. The summed E-state index contributed by atoms with van der Waals surface area (Å²) in [7, 11) is 0. The van der Waals surface area contributed by atoms with Crippen LogP contribution in [0.25, 0.3) is 0 Å². The summed E-state index contributed by atoms with van der Waals surface area (Å²) in [6.07, 6.45) is 19.7. The number of carbonyl (C=O) groups is 2. The average Bonchev–Trinajstić information content (AvgIpc) is 2.99. The Hall–Kier alpha value is -3.02. The molecule has 0 aliphatic rings. The Morgan fingerprint density at radius 1 is 0.500 bits per heavy atom. The van der Waals surface area contributed by atoms with E-state index in [1.54, 1.807) is 0 Å². The summed E-state index contributed by atoms with van der Waals surface area (Å²) >= 11 is 0. The summed E-state index contributed by atoms with van der Waals surface area (Å²) in [5.74, 6) is 1.32. The number of hydrogen-bond donors (Lipinski definition) is 2. The number of unbranched alkanes of at least 4 members (excludes halogenated alkanes) is 13. The third kappa shape index (κ3) is 16.4. The SMILES string of the molecule is CCCCCCCCc1ccccc1OC(=O)NCCCCCCNC(=O)Oc1ccccc1CCCCCCCC. The lowest BCUT2D eigenvalue weighted by Gasteiger charge is -2.11. The predicted octanol–water partition coefficient (Wildman–Crippen LogP) is 9.93. The molecular weight excluding hydrogens is 524 g/mol. The monoisotopic (exact) mass is 580 g/mol. The Kier molecular flexibility index (Phi) is 19.7. The lowest BCUT2D eigenvalue weighted by atomic mass is 10.0. The van der Waals surface area contributed by atoms with Crippen molar-refractivity contribution in [3.8, 4) is 11.5 Å². The average molecular weight is 581 g/mol. The molecule has 0 bridgehead atoms. The number of aryl methyl sites for hydroxylation is 2. The molecule has 0 heterocycles. The Labute approximate surface area is 255 Å². The van der Waals surface area contributed by atoms with Crippen molar-refractivity contribution < 1.29 is 19.1 Å². The predicted molar refractivity (Wildman–Crippen MR) is 174 cm³/mol.